The van der Waals surface area contributed by atoms with E-state index in [1.54, 1.807) is 12.1 Å². The van der Waals surface area contributed by atoms with Crippen LogP contribution in [0.2, 0.25) is 0 Å². The molecule has 3 amide bonds. The number of nitrogens with zero attached hydrogens (tertiary/aromatic N) is 1. The Labute approximate surface area is 176 Å². The van der Waals surface area contributed by atoms with Gasteiger partial charge >= 0.3 is 17.8 Å². The molecule has 2 aliphatic heterocycles. The number of rotatable bonds is 4. The number of ether oxygens (including phenoxy) is 1. The predicted octanol–water partition coefficient (Wildman–Crippen LogP) is 1.39. The molecule has 3 aromatic heterocycles. The van der Waals surface area contributed by atoms with Crippen LogP contribution in [0.3, 0.4) is 0 Å². The molecular weight excluding hydrogens is 432 g/mol. The molecule has 2 bridgehead atoms. The SMILES string of the molecule is O=C(O)C(=O)Nc1sc2c(c1C(=O)O)CC(CN1C(=O)c3c(c4ccc3o4)C1=O)OC2. The standard InChI is InChI=1S/C19H12N2O9S/c22-14(19(27)28)20-15-11(18(25)26)7-3-6(29-5-10(7)31-15)4-21-16(23)12-8-1-2-9(30-8)13(12)17(21)24/h1-2,6H,3-5H2,(H,20,22)(H,25,26)(H,27,28). The average Bonchev–Trinajstić information content (AvgIpc) is 3.46. The van der Waals surface area contributed by atoms with Crippen LogP contribution in [0.1, 0.15) is 41.5 Å². The van der Waals surface area contributed by atoms with Gasteiger partial charge in [0.05, 0.1) is 35.9 Å². The second-order valence-electron chi connectivity index (χ2n) is 7.04. The Hall–Kier alpha value is -3.77. The molecule has 0 saturated heterocycles. The number of thiophene rings is 1. The van der Waals surface area contributed by atoms with Gasteiger partial charge in [0.15, 0.2) is 0 Å². The minimum absolute atomic E-state index is 0.00330. The van der Waals surface area contributed by atoms with E-state index in [0.29, 0.717) is 21.6 Å². The monoisotopic (exact) mass is 444 g/mol. The predicted molar refractivity (Wildman–Crippen MR) is 103 cm³/mol. The first-order valence-corrected chi connectivity index (χ1v) is 9.82. The second kappa shape index (κ2) is 6.62. The number of carboxylic acids is 2. The number of amides is 3. The molecule has 5 rings (SSSR count). The second-order valence-corrected chi connectivity index (χ2v) is 8.15. The lowest BCUT2D eigenvalue weighted by molar-refractivity contribution is -0.147. The van der Waals surface area contributed by atoms with E-state index in [-0.39, 0.29) is 41.3 Å². The number of imide groups is 1. The van der Waals surface area contributed by atoms with E-state index in [1.165, 1.54) is 0 Å². The number of nitrogens with one attached hydrogen (secondary N) is 1. The summed E-state index contributed by atoms with van der Waals surface area (Å²) in [5.41, 5.74) is 1.27. The molecule has 0 aliphatic carbocycles. The summed E-state index contributed by atoms with van der Waals surface area (Å²) in [6.45, 7) is -0.0902. The van der Waals surface area contributed by atoms with Crippen LogP contribution in [0.25, 0.3) is 11.2 Å². The number of hydrogen-bond acceptors (Lipinski definition) is 8. The van der Waals surface area contributed by atoms with E-state index < -0.39 is 35.8 Å². The van der Waals surface area contributed by atoms with Crippen LogP contribution in [0.5, 0.6) is 0 Å². The summed E-state index contributed by atoms with van der Waals surface area (Å²) < 4.78 is 11.1. The number of furan rings is 2. The highest BCUT2D eigenvalue weighted by atomic mass is 32.1. The van der Waals surface area contributed by atoms with Crippen LogP contribution < -0.4 is 5.32 Å². The zero-order valence-corrected chi connectivity index (χ0v) is 16.3. The maximum absolute atomic E-state index is 12.7. The Morgan fingerprint density at radius 3 is 2.35 bits per heavy atom. The van der Waals surface area contributed by atoms with E-state index in [4.69, 9.17) is 14.3 Å². The highest BCUT2D eigenvalue weighted by Gasteiger charge is 2.43. The Balaban J connectivity index is 1.39. The van der Waals surface area contributed by atoms with E-state index in [1.807, 2.05) is 0 Å². The number of fused-ring (bicyclic) bond motifs is 6. The average molecular weight is 444 g/mol. The fourth-order valence-electron chi connectivity index (χ4n) is 3.92. The van der Waals surface area contributed by atoms with Gasteiger partial charge in [0.1, 0.15) is 16.2 Å². The van der Waals surface area contributed by atoms with Crippen molar-refractivity contribution in [1.82, 2.24) is 4.90 Å². The van der Waals surface area contributed by atoms with Crippen LogP contribution in [-0.2, 0) is 27.4 Å². The van der Waals surface area contributed by atoms with Crippen molar-refractivity contribution in [3.8, 4) is 0 Å². The zero-order chi connectivity index (χ0) is 22.0. The minimum atomic E-state index is -1.74. The Morgan fingerprint density at radius 2 is 1.77 bits per heavy atom. The Bertz CT molecular complexity index is 1260. The van der Waals surface area contributed by atoms with Gasteiger partial charge in [0, 0.05) is 11.3 Å². The lowest BCUT2D eigenvalue weighted by atomic mass is 10.0. The van der Waals surface area contributed by atoms with Crippen molar-refractivity contribution in [3.63, 3.8) is 0 Å². The molecule has 11 nitrogen and oxygen atoms in total. The van der Waals surface area contributed by atoms with Crippen molar-refractivity contribution in [2.24, 2.45) is 0 Å². The third kappa shape index (κ3) is 2.79. The van der Waals surface area contributed by atoms with Gasteiger partial charge in [-0.05, 0) is 17.7 Å². The fourth-order valence-corrected chi connectivity index (χ4v) is 5.06. The van der Waals surface area contributed by atoms with Crippen molar-refractivity contribution in [2.75, 3.05) is 11.9 Å². The Kier molecular flexibility index (Phi) is 4.10. The molecule has 0 fully saturated rings. The van der Waals surface area contributed by atoms with Gasteiger partial charge in [-0.1, -0.05) is 0 Å². The summed E-state index contributed by atoms with van der Waals surface area (Å²) in [4.78, 5) is 61.1. The van der Waals surface area contributed by atoms with Crippen molar-refractivity contribution in [1.29, 1.82) is 0 Å². The molecule has 0 spiro atoms. The third-order valence-electron chi connectivity index (χ3n) is 5.26. The molecule has 5 heterocycles. The molecule has 1 unspecified atom stereocenters. The number of benzene rings is 1. The van der Waals surface area contributed by atoms with E-state index in [2.05, 4.69) is 5.32 Å². The lowest BCUT2D eigenvalue weighted by Gasteiger charge is -2.26. The van der Waals surface area contributed by atoms with Gasteiger partial charge < -0.3 is 24.7 Å². The number of hydrogen-bond donors (Lipinski definition) is 3. The quantitative estimate of drug-likeness (QED) is 0.398. The molecule has 0 saturated carbocycles. The Morgan fingerprint density at radius 1 is 1.13 bits per heavy atom. The van der Waals surface area contributed by atoms with Crippen LogP contribution in [0.15, 0.2) is 16.5 Å². The molecule has 158 valence electrons. The van der Waals surface area contributed by atoms with Gasteiger partial charge in [-0.25, -0.2) is 9.59 Å². The summed E-state index contributed by atoms with van der Waals surface area (Å²) in [6.07, 6.45) is -0.599. The van der Waals surface area contributed by atoms with Crippen LogP contribution in [0.4, 0.5) is 5.00 Å². The number of carbonyl (C=O) groups excluding carboxylic acids is 3. The maximum Gasteiger partial charge on any atom is 0.394 e. The van der Waals surface area contributed by atoms with Gasteiger partial charge in [-0.15, -0.1) is 11.3 Å². The molecular formula is C19H12N2O9S. The van der Waals surface area contributed by atoms with Gasteiger partial charge in [0.2, 0.25) is 0 Å². The zero-order valence-electron chi connectivity index (χ0n) is 15.5. The molecule has 3 aromatic rings. The minimum Gasteiger partial charge on any atom is -0.478 e. The van der Waals surface area contributed by atoms with Crippen molar-refractivity contribution in [2.45, 2.75) is 19.1 Å². The first-order chi connectivity index (χ1) is 14.8. The van der Waals surface area contributed by atoms with Crippen molar-refractivity contribution < 1.29 is 43.3 Å². The van der Waals surface area contributed by atoms with Gasteiger partial charge in [0.25, 0.3) is 11.8 Å². The normalized spacial score (nSPS) is 17.8. The number of carbonyl (C=O) groups is 5. The van der Waals surface area contributed by atoms with Crippen LogP contribution in [0, 0.1) is 0 Å². The summed E-state index contributed by atoms with van der Waals surface area (Å²) >= 11 is 0.916. The number of aromatic carboxylic acids is 1. The maximum atomic E-state index is 12.7. The lowest BCUT2D eigenvalue weighted by Crippen LogP contribution is -2.40. The number of carboxylic acid groups (broad SMARTS) is 2. The van der Waals surface area contributed by atoms with Crippen LogP contribution >= 0.6 is 11.3 Å². The molecule has 1 atom stereocenters. The summed E-state index contributed by atoms with van der Waals surface area (Å²) in [5.74, 6) is -5.43. The smallest absolute Gasteiger partial charge is 0.394 e. The largest absolute Gasteiger partial charge is 0.478 e. The number of anilines is 1. The molecule has 0 aromatic carbocycles. The highest BCUT2D eigenvalue weighted by Crippen LogP contribution is 2.39. The van der Waals surface area contributed by atoms with Crippen LogP contribution in [-0.4, -0.2) is 57.4 Å². The third-order valence-corrected chi connectivity index (χ3v) is 6.38. The first kappa shape index (κ1) is 19.2. The van der Waals surface area contributed by atoms with Gasteiger partial charge in [-0.3, -0.25) is 19.3 Å². The molecule has 12 heteroatoms. The van der Waals surface area contributed by atoms with E-state index >= 15 is 0 Å². The van der Waals surface area contributed by atoms with Crippen molar-refractivity contribution in [3.05, 3.63) is 39.3 Å². The number of aliphatic carboxylic acids is 1. The molecule has 2 aliphatic rings. The van der Waals surface area contributed by atoms with Crippen molar-refractivity contribution >= 4 is 57.2 Å². The molecule has 31 heavy (non-hydrogen) atoms. The summed E-state index contributed by atoms with van der Waals surface area (Å²) in [5, 5.41) is 20.4. The molecule has 3 N–H and O–H groups in total. The fraction of sp³-hybridized carbons (Fsp3) is 0.211. The highest BCUT2D eigenvalue weighted by molar-refractivity contribution is 7.17. The van der Waals surface area contributed by atoms with E-state index in [9.17, 15) is 29.1 Å². The van der Waals surface area contributed by atoms with E-state index in [0.717, 1.165) is 16.2 Å². The summed E-state index contributed by atoms with van der Waals surface area (Å²) in [7, 11) is 0. The van der Waals surface area contributed by atoms with Gasteiger partial charge in [-0.2, -0.15) is 0 Å². The molecule has 0 radical (unpaired) electrons. The topological polar surface area (TPSA) is 163 Å². The first-order valence-electron chi connectivity index (χ1n) is 9.01. The summed E-state index contributed by atoms with van der Waals surface area (Å²) in [6, 6.07) is 3.23.